The number of pyridine rings is 1. The third-order valence-electron chi connectivity index (χ3n) is 6.20. The predicted molar refractivity (Wildman–Crippen MR) is 122 cm³/mol. The number of fused-ring (bicyclic) bond motifs is 1. The van der Waals surface area contributed by atoms with Crippen LogP contribution in [0.2, 0.25) is 0 Å². The summed E-state index contributed by atoms with van der Waals surface area (Å²) in [6.07, 6.45) is 4.61. The monoisotopic (exact) mass is 450 g/mol. The van der Waals surface area contributed by atoms with Crippen LogP contribution in [0.25, 0.3) is 10.9 Å². The molecule has 1 aliphatic carbocycles. The first-order valence-corrected chi connectivity index (χ1v) is 12.2. The van der Waals surface area contributed by atoms with Crippen molar-refractivity contribution in [1.82, 2.24) is 4.57 Å². The van der Waals surface area contributed by atoms with Gasteiger partial charge in [0.2, 0.25) is 0 Å². The highest BCUT2D eigenvalue weighted by atomic mass is 32.2. The molecule has 5 rings (SSSR count). The Morgan fingerprint density at radius 1 is 1.09 bits per heavy atom. The van der Waals surface area contributed by atoms with E-state index in [1.54, 1.807) is 0 Å². The molecule has 8 heteroatoms. The molecule has 2 N–H and O–H groups in total. The van der Waals surface area contributed by atoms with Crippen LogP contribution in [-0.4, -0.2) is 24.6 Å². The lowest BCUT2D eigenvalue weighted by Gasteiger charge is -2.29. The van der Waals surface area contributed by atoms with E-state index in [-0.39, 0.29) is 11.3 Å². The van der Waals surface area contributed by atoms with Crippen LogP contribution >= 0.6 is 0 Å². The van der Waals surface area contributed by atoms with Gasteiger partial charge in [0, 0.05) is 16.4 Å². The Morgan fingerprint density at radius 3 is 2.44 bits per heavy atom. The fourth-order valence-corrected chi connectivity index (χ4v) is 5.65. The number of para-hydroxylation sites is 1. The van der Waals surface area contributed by atoms with E-state index in [4.69, 9.17) is 10.5 Å². The lowest BCUT2D eigenvalue weighted by atomic mass is 9.79. The van der Waals surface area contributed by atoms with Crippen LogP contribution in [0.4, 0.5) is 0 Å². The van der Waals surface area contributed by atoms with Gasteiger partial charge in [-0.15, -0.1) is 0 Å². The zero-order valence-electron chi connectivity index (χ0n) is 17.2. The number of hydrogen-bond acceptors (Lipinski definition) is 5. The van der Waals surface area contributed by atoms with Gasteiger partial charge >= 0.3 is 0 Å². The van der Waals surface area contributed by atoms with E-state index in [9.17, 15) is 18.0 Å². The Labute approximate surface area is 185 Å². The Kier molecular flexibility index (Phi) is 4.89. The Morgan fingerprint density at radius 2 is 1.84 bits per heavy atom. The molecule has 0 unspecified atom stereocenters. The van der Waals surface area contributed by atoms with Gasteiger partial charge in [-0.05, 0) is 43.0 Å². The Bertz CT molecular complexity index is 1420. The molecule has 7 nitrogen and oxygen atoms in total. The van der Waals surface area contributed by atoms with E-state index in [2.05, 4.69) is 0 Å². The van der Waals surface area contributed by atoms with Crippen molar-refractivity contribution in [2.24, 2.45) is 5.73 Å². The molecule has 1 fully saturated rings. The number of primary amides is 1. The van der Waals surface area contributed by atoms with Crippen molar-refractivity contribution < 1.29 is 17.9 Å². The van der Waals surface area contributed by atoms with Gasteiger partial charge in [-0.1, -0.05) is 36.8 Å². The number of nitrogens with zero attached hydrogens (tertiary/aromatic N) is 1. The summed E-state index contributed by atoms with van der Waals surface area (Å²) in [5, 5.41) is 1.70. The summed E-state index contributed by atoms with van der Waals surface area (Å²) in [6, 6.07) is 13.7. The molecule has 1 atom stereocenters. The SMILES string of the molecule is NC(=O)c1cc2ccc(C3CCC3)c(Oc3ccccc3)c2n([C@@H]2C=CS(=O)(=O)C2)c1=O. The Balaban J connectivity index is 1.84. The molecule has 32 heavy (non-hydrogen) atoms. The van der Waals surface area contributed by atoms with Crippen molar-refractivity contribution >= 4 is 26.6 Å². The zero-order chi connectivity index (χ0) is 22.5. The van der Waals surface area contributed by atoms with Gasteiger partial charge in [0.1, 0.15) is 11.3 Å². The molecule has 1 aromatic heterocycles. The van der Waals surface area contributed by atoms with Gasteiger partial charge in [-0.2, -0.15) is 0 Å². The number of rotatable bonds is 5. The van der Waals surface area contributed by atoms with Crippen molar-refractivity contribution in [2.75, 3.05) is 5.75 Å². The van der Waals surface area contributed by atoms with E-state index in [1.807, 2.05) is 42.5 Å². The van der Waals surface area contributed by atoms with E-state index in [0.29, 0.717) is 28.3 Å². The summed E-state index contributed by atoms with van der Waals surface area (Å²) in [7, 11) is -3.45. The van der Waals surface area contributed by atoms with E-state index in [1.165, 1.54) is 16.7 Å². The summed E-state index contributed by atoms with van der Waals surface area (Å²) in [6.45, 7) is 0. The summed E-state index contributed by atoms with van der Waals surface area (Å²) in [4.78, 5) is 25.4. The minimum Gasteiger partial charge on any atom is -0.455 e. The maximum absolute atomic E-state index is 13.4. The lowest BCUT2D eigenvalue weighted by molar-refractivity contribution is 0.0998. The molecule has 2 aliphatic rings. The number of benzene rings is 2. The van der Waals surface area contributed by atoms with Gasteiger partial charge in [0.25, 0.3) is 11.5 Å². The van der Waals surface area contributed by atoms with Crippen LogP contribution in [-0.2, 0) is 9.84 Å². The maximum atomic E-state index is 13.4. The molecule has 2 heterocycles. The minimum absolute atomic E-state index is 0.183. The van der Waals surface area contributed by atoms with Crippen molar-refractivity contribution in [1.29, 1.82) is 0 Å². The van der Waals surface area contributed by atoms with Crippen LogP contribution in [0.3, 0.4) is 0 Å². The first kappa shape index (κ1) is 20.5. The number of carbonyl (C=O) groups excluding carboxylic acids is 1. The van der Waals surface area contributed by atoms with Crippen LogP contribution in [0.15, 0.2) is 64.8 Å². The average Bonchev–Trinajstić information content (AvgIpc) is 3.08. The quantitative estimate of drug-likeness (QED) is 0.638. The molecule has 1 aliphatic heterocycles. The normalized spacial score (nSPS) is 19.7. The number of ether oxygens (including phenoxy) is 1. The topological polar surface area (TPSA) is 108 Å². The van der Waals surface area contributed by atoms with Gasteiger partial charge in [-0.25, -0.2) is 8.42 Å². The van der Waals surface area contributed by atoms with Crippen LogP contribution < -0.4 is 16.0 Å². The number of amides is 1. The highest BCUT2D eigenvalue weighted by molar-refractivity contribution is 7.94. The summed E-state index contributed by atoms with van der Waals surface area (Å²) in [5.41, 5.74) is 6.11. The highest BCUT2D eigenvalue weighted by Gasteiger charge is 2.31. The average molecular weight is 451 g/mol. The largest absolute Gasteiger partial charge is 0.455 e. The summed E-state index contributed by atoms with van der Waals surface area (Å²) < 4.78 is 32.0. The number of carbonyl (C=O) groups is 1. The van der Waals surface area contributed by atoms with E-state index >= 15 is 0 Å². The molecule has 0 bridgehead atoms. The van der Waals surface area contributed by atoms with E-state index in [0.717, 1.165) is 30.2 Å². The molecule has 164 valence electrons. The third kappa shape index (κ3) is 3.50. The lowest BCUT2D eigenvalue weighted by Crippen LogP contribution is -2.33. The number of hydrogen-bond donors (Lipinski definition) is 1. The smallest absolute Gasteiger partial charge is 0.264 e. The second-order valence-electron chi connectivity index (χ2n) is 8.29. The van der Waals surface area contributed by atoms with E-state index < -0.39 is 27.3 Å². The molecule has 0 spiro atoms. The number of sulfone groups is 1. The zero-order valence-corrected chi connectivity index (χ0v) is 18.0. The summed E-state index contributed by atoms with van der Waals surface area (Å²) in [5.74, 6) is 0.296. The van der Waals surface area contributed by atoms with Crippen molar-refractivity contribution in [3.8, 4) is 11.5 Å². The van der Waals surface area contributed by atoms with Gasteiger partial charge < -0.3 is 10.5 Å². The fourth-order valence-electron chi connectivity index (χ4n) is 4.38. The van der Waals surface area contributed by atoms with Gasteiger partial charge in [0.05, 0.1) is 17.3 Å². The Hall–Kier alpha value is -3.39. The van der Waals surface area contributed by atoms with Crippen molar-refractivity contribution in [3.05, 3.63) is 81.5 Å². The minimum atomic E-state index is -3.45. The van der Waals surface area contributed by atoms with Crippen LogP contribution in [0, 0.1) is 0 Å². The molecule has 3 aromatic rings. The molecule has 0 radical (unpaired) electrons. The molecular formula is C24H22N2O5S. The molecule has 1 amide bonds. The van der Waals surface area contributed by atoms with Gasteiger partial charge in [-0.3, -0.25) is 14.2 Å². The second kappa shape index (κ2) is 7.63. The number of aromatic nitrogens is 1. The number of nitrogens with two attached hydrogens (primary N) is 1. The standard InChI is InChI=1S/C24H22N2O5S/c25-23(27)20-13-16-9-10-19(15-5-4-6-15)22(31-18-7-2-1-3-8-18)21(16)26(24(20)28)17-11-12-32(29,30)14-17/h1-3,7-13,15,17H,4-6,14H2,(H2,25,27)/t17-/m1/s1. The third-order valence-corrected chi connectivity index (χ3v) is 7.58. The first-order chi connectivity index (χ1) is 15.3. The molecule has 1 saturated carbocycles. The van der Waals surface area contributed by atoms with Crippen LogP contribution in [0.5, 0.6) is 11.5 Å². The molecular weight excluding hydrogens is 428 g/mol. The molecule has 2 aromatic carbocycles. The van der Waals surface area contributed by atoms with Crippen LogP contribution in [0.1, 0.15) is 47.1 Å². The maximum Gasteiger partial charge on any atom is 0.264 e. The first-order valence-electron chi connectivity index (χ1n) is 10.5. The summed E-state index contributed by atoms with van der Waals surface area (Å²) >= 11 is 0. The second-order valence-corrected chi connectivity index (χ2v) is 10.2. The number of allylic oxidation sites excluding steroid dienone is 1. The highest BCUT2D eigenvalue weighted by Crippen LogP contribution is 2.45. The molecule has 0 saturated heterocycles. The predicted octanol–water partition coefficient (Wildman–Crippen LogP) is 3.64. The fraction of sp³-hybridized carbons (Fsp3) is 0.250. The van der Waals surface area contributed by atoms with Crippen molar-refractivity contribution in [2.45, 2.75) is 31.2 Å². The van der Waals surface area contributed by atoms with Crippen molar-refractivity contribution in [3.63, 3.8) is 0 Å². The van der Waals surface area contributed by atoms with Gasteiger partial charge in [0.15, 0.2) is 15.6 Å².